The number of amides is 1. The molecule has 0 spiro atoms. The van der Waals surface area contributed by atoms with Crippen LogP contribution in [0.4, 0.5) is 4.79 Å². The third-order valence-corrected chi connectivity index (χ3v) is 2.93. The van der Waals surface area contributed by atoms with Gasteiger partial charge < -0.3 is 20.5 Å². The van der Waals surface area contributed by atoms with Gasteiger partial charge in [-0.3, -0.25) is 0 Å². The molecule has 0 saturated carbocycles. The summed E-state index contributed by atoms with van der Waals surface area (Å²) in [6.07, 6.45) is 1.59. The molecule has 0 aromatic rings. The average molecular weight is 244 g/mol. The molecule has 2 atom stereocenters. The number of hydrogen-bond acceptors (Lipinski definition) is 4. The van der Waals surface area contributed by atoms with Gasteiger partial charge in [0.1, 0.15) is 5.60 Å². The summed E-state index contributed by atoms with van der Waals surface area (Å²) in [5.41, 5.74) is 5.34. The first kappa shape index (κ1) is 14.3. The van der Waals surface area contributed by atoms with Crippen LogP contribution in [0.25, 0.3) is 0 Å². The minimum absolute atomic E-state index is 0.0349. The maximum Gasteiger partial charge on any atom is 0.410 e. The number of aliphatic hydroxyl groups excluding tert-OH is 1. The molecule has 0 aromatic heterocycles. The minimum Gasteiger partial charge on any atom is -0.444 e. The molecule has 1 fully saturated rings. The molecule has 1 aliphatic rings. The van der Waals surface area contributed by atoms with E-state index in [1.165, 1.54) is 0 Å². The van der Waals surface area contributed by atoms with Crippen LogP contribution < -0.4 is 5.73 Å². The highest BCUT2D eigenvalue weighted by molar-refractivity contribution is 5.68. The molecule has 100 valence electrons. The summed E-state index contributed by atoms with van der Waals surface area (Å²) in [6, 6.07) is -0.250. The summed E-state index contributed by atoms with van der Waals surface area (Å²) in [5, 5.41) is 9.04. The van der Waals surface area contributed by atoms with Crippen molar-refractivity contribution >= 4 is 6.09 Å². The zero-order valence-electron chi connectivity index (χ0n) is 11.0. The SMILES string of the molecule is CC(C)(C)OC(=O)N1CCC[C@@H]([C@@H](N)CO)C1. The van der Waals surface area contributed by atoms with Crippen molar-refractivity contribution in [2.75, 3.05) is 19.7 Å². The van der Waals surface area contributed by atoms with Gasteiger partial charge >= 0.3 is 6.09 Å². The van der Waals surface area contributed by atoms with Crippen LogP contribution in [0.15, 0.2) is 0 Å². The number of likely N-dealkylation sites (tertiary alicyclic amines) is 1. The number of carbonyl (C=O) groups is 1. The topological polar surface area (TPSA) is 75.8 Å². The summed E-state index contributed by atoms with van der Waals surface area (Å²) in [4.78, 5) is 13.6. The predicted molar refractivity (Wildman–Crippen MR) is 65.6 cm³/mol. The fraction of sp³-hybridized carbons (Fsp3) is 0.917. The van der Waals surface area contributed by atoms with Gasteiger partial charge in [-0.15, -0.1) is 0 Å². The van der Waals surface area contributed by atoms with E-state index in [9.17, 15) is 4.79 Å². The highest BCUT2D eigenvalue weighted by Crippen LogP contribution is 2.20. The van der Waals surface area contributed by atoms with Crippen LogP contribution in [0, 0.1) is 5.92 Å². The lowest BCUT2D eigenvalue weighted by Gasteiger charge is -2.36. The molecule has 1 amide bonds. The smallest absolute Gasteiger partial charge is 0.410 e. The highest BCUT2D eigenvalue weighted by atomic mass is 16.6. The van der Waals surface area contributed by atoms with E-state index in [1.807, 2.05) is 20.8 Å². The quantitative estimate of drug-likeness (QED) is 0.758. The van der Waals surface area contributed by atoms with Crippen molar-refractivity contribution in [1.82, 2.24) is 4.90 Å². The Morgan fingerprint density at radius 3 is 2.76 bits per heavy atom. The van der Waals surface area contributed by atoms with Crippen molar-refractivity contribution in [1.29, 1.82) is 0 Å². The van der Waals surface area contributed by atoms with E-state index in [-0.39, 0.29) is 24.7 Å². The van der Waals surface area contributed by atoms with E-state index in [4.69, 9.17) is 15.6 Å². The maximum absolute atomic E-state index is 11.9. The molecule has 0 aliphatic carbocycles. The Hall–Kier alpha value is -0.810. The molecular formula is C12H24N2O3. The average Bonchev–Trinajstić information content (AvgIpc) is 2.26. The summed E-state index contributed by atoms with van der Waals surface area (Å²) >= 11 is 0. The van der Waals surface area contributed by atoms with Crippen molar-refractivity contribution in [2.45, 2.75) is 45.3 Å². The fourth-order valence-electron chi connectivity index (χ4n) is 2.00. The monoisotopic (exact) mass is 244 g/mol. The number of nitrogens with zero attached hydrogens (tertiary/aromatic N) is 1. The van der Waals surface area contributed by atoms with E-state index in [2.05, 4.69) is 0 Å². The van der Waals surface area contributed by atoms with Crippen LogP contribution in [0.3, 0.4) is 0 Å². The van der Waals surface area contributed by atoms with Crippen LogP contribution in [0.5, 0.6) is 0 Å². The van der Waals surface area contributed by atoms with E-state index in [0.29, 0.717) is 13.1 Å². The second kappa shape index (κ2) is 5.69. The molecule has 5 heteroatoms. The van der Waals surface area contributed by atoms with Crippen molar-refractivity contribution in [2.24, 2.45) is 11.7 Å². The van der Waals surface area contributed by atoms with Gasteiger partial charge in [-0.05, 0) is 39.5 Å². The highest BCUT2D eigenvalue weighted by Gasteiger charge is 2.29. The van der Waals surface area contributed by atoms with E-state index in [0.717, 1.165) is 12.8 Å². The van der Waals surface area contributed by atoms with Gasteiger partial charge in [0.15, 0.2) is 0 Å². The minimum atomic E-state index is -0.469. The Morgan fingerprint density at radius 2 is 2.24 bits per heavy atom. The second-order valence-electron chi connectivity index (χ2n) is 5.68. The Bertz CT molecular complexity index is 263. The lowest BCUT2D eigenvalue weighted by Crippen LogP contribution is -2.48. The Kier molecular flexibility index (Phi) is 4.77. The van der Waals surface area contributed by atoms with Crippen molar-refractivity contribution in [3.05, 3.63) is 0 Å². The van der Waals surface area contributed by atoms with E-state index < -0.39 is 5.60 Å². The largest absolute Gasteiger partial charge is 0.444 e. The van der Waals surface area contributed by atoms with Gasteiger partial charge in [0, 0.05) is 19.1 Å². The molecule has 17 heavy (non-hydrogen) atoms. The van der Waals surface area contributed by atoms with E-state index >= 15 is 0 Å². The molecule has 1 rings (SSSR count). The summed E-state index contributed by atoms with van der Waals surface area (Å²) in [6.45, 7) is 6.82. The zero-order valence-corrected chi connectivity index (χ0v) is 11.0. The number of rotatable bonds is 2. The van der Waals surface area contributed by atoms with Gasteiger partial charge in [0.2, 0.25) is 0 Å². The molecule has 1 saturated heterocycles. The number of carbonyl (C=O) groups excluding carboxylic acids is 1. The number of nitrogens with two attached hydrogens (primary N) is 1. The van der Waals surface area contributed by atoms with Crippen LogP contribution in [0.1, 0.15) is 33.6 Å². The Balaban J connectivity index is 2.52. The van der Waals surface area contributed by atoms with Crippen LogP contribution >= 0.6 is 0 Å². The van der Waals surface area contributed by atoms with Crippen molar-refractivity contribution in [3.8, 4) is 0 Å². The van der Waals surface area contributed by atoms with Gasteiger partial charge in [-0.1, -0.05) is 0 Å². The fourth-order valence-corrected chi connectivity index (χ4v) is 2.00. The van der Waals surface area contributed by atoms with Gasteiger partial charge in [-0.25, -0.2) is 4.79 Å². The van der Waals surface area contributed by atoms with Crippen LogP contribution in [0.2, 0.25) is 0 Å². The first-order valence-electron chi connectivity index (χ1n) is 6.18. The number of hydrogen-bond donors (Lipinski definition) is 2. The number of aliphatic hydroxyl groups is 1. The van der Waals surface area contributed by atoms with Gasteiger partial charge in [0.25, 0.3) is 0 Å². The van der Waals surface area contributed by atoms with Crippen molar-refractivity contribution in [3.63, 3.8) is 0 Å². The number of ether oxygens (including phenoxy) is 1. The molecule has 0 bridgehead atoms. The first-order chi connectivity index (χ1) is 7.83. The number of piperidine rings is 1. The first-order valence-corrected chi connectivity index (χ1v) is 6.18. The molecule has 1 aliphatic heterocycles. The Labute approximate surface area is 103 Å². The molecule has 5 nitrogen and oxygen atoms in total. The lowest BCUT2D eigenvalue weighted by molar-refractivity contribution is 0.0139. The summed E-state index contributed by atoms with van der Waals surface area (Å²) in [5.74, 6) is 0.168. The molecule has 0 radical (unpaired) electrons. The maximum atomic E-state index is 11.9. The second-order valence-corrected chi connectivity index (χ2v) is 5.68. The third-order valence-electron chi connectivity index (χ3n) is 2.93. The summed E-state index contributed by atoms with van der Waals surface area (Å²) < 4.78 is 5.32. The normalized spacial score (nSPS) is 23.4. The lowest BCUT2D eigenvalue weighted by atomic mass is 9.92. The Morgan fingerprint density at radius 1 is 1.59 bits per heavy atom. The molecule has 3 N–H and O–H groups in total. The molecule has 0 unspecified atom stereocenters. The summed E-state index contributed by atoms with van der Waals surface area (Å²) in [7, 11) is 0. The van der Waals surface area contributed by atoms with Crippen LogP contribution in [-0.2, 0) is 4.74 Å². The van der Waals surface area contributed by atoms with Gasteiger partial charge in [0.05, 0.1) is 6.61 Å². The van der Waals surface area contributed by atoms with Crippen molar-refractivity contribution < 1.29 is 14.6 Å². The van der Waals surface area contributed by atoms with E-state index in [1.54, 1.807) is 4.90 Å². The third kappa shape index (κ3) is 4.52. The standard InChI is InChI=1S/C12H24N2O3/c1-12(2,3)17-11(16)14-6-4-5-9(7-14)10(13)8-15/h9-10,15H,4-8,13H2,1-3H3/t9-,10+/m1/s1. The zero-order chi connectivity index (χ0) is 13.1. The molecular weight excluding hydrogens is 220 g/mol. The predicted octanol–water partition coefficient (Wildman–Crippen LogP) is 0.953. The van der Waals surface area contributed by atoms with Crippen LogP contribution in [-0.4, -0.2) is 47.4 Å². The molecule has 0 aromatic carbocycles. The molecule has 1 heterocycles. The van der Waals surface area contributed by atoms with Gasteiger partial charge in [-0.2, -0.15) is 0 Å².